The van der Waals surface area contributed by atoms with E-state index in [-0.39, 0.29) is 12.1 Å². The van der Waals surface area contributed by atoms with Gasteiger partial charge in [0.15, 0.2) is 0 Å². The Morgan fingerprint density at radius 2 is 1.95 bits per heavy atom. The van der Waals surface area contributed by atoms with Crippen LogP contribution in [0.25, 0.3) is 0 Å². The van der Waals surface area contributed by atoms with E-state index in [2.05, 4.69) is 29.1 Å². The third-order valence-corrected chi connectivity index (χ3v) is 3.38. The van der Waals surface area contributed by atoms with Crippen LogP contribution in [0.2, 0.25) is 0 Å². The Balaban J connectivity index is 2.90. The van der Waals surface area contributed by atoms with E-state index in [1.165, 1.54) is 0 Å². The van der Waals surface area contributed by atoms with Gasteiger partial charge < -0.3 is 19.5 Å². The topological polar surface area (TPSA) is 65.5 Å². The second kappa shape index (κ2) is 9.52. The molecule has 0 aromatic carbocycles. The molecule has 0 aliphatic carbocycles. The number of methoxy groups -OCH3 is 3. The van der Waals surface area contributed by atoms with Crippen LogP contribution in [0.5, 0.6) is 11.8 Å². The summed E-state index contributed by atoms with van der Waals surface area (Å²) in [7, 11) is 4.89. The summed E-state index contributed by atoms with van der Waals surface area (Å²) in [6, 6.07) is 0.0934. The Kier molecular flexibility index (Phi) is 8.00. The fourth-order valence-corrected chi connectivity index (χ4v) is 2.03. The molecule has 0 spiro atoms. The summed E-state index contributed by atoms with van der Waals surface area (Å²) >= 11 is 0. The summed E-state index contributed by atoms with van der Waals surface area (Å²) in [4.78, 5) is 8.77. The molecule has 2 unspecified atom stereocenters. The van der Waals surface area contributed by atoms with Crippen LogP contribution in [0.15, 0.2) is 6.20 Å². The molecule has 0 aliphatic rings. The van der Waals surface area contributed by atoms with Gasteiger partial charge in [-0.15, -0.1) is 0 Å². The van der Waals surface area contributed by atoms with Gasteiger partial charge in [0, 0.05) is 7.11 Å². The molecule has 0 aliphatic heterocycles. The van der Waals surface area contributed by atoms with Crippen LogP contribution < -0.4 is 14.8 Å². The van der Waals surface area contributed by atoms with Crippen LogP contribution in [0.3, 0.4) is 0 Å². The van der Waals surface area contributed by atoms with Crippen LogP contribution in [0.4, 0.5) is 0 Å². The highest BCUT2D eigenvalue weighted by atomic mass is 16.5. The van der Waals surface area contributed by atoms with Crippen LogP contribution in [-0.4, -0.2) is 43.9 Å². The van der Waals surface area contributed by atoms with Crippen molar-refractivity contribution in [1.29, 1.82) is 0 Å². The minimum Gasteiger partial charge on any atom is -0.480 e. The number of hydrogen-bond acceptors (Lipinski definition) is 6. The molecule has 0 fully saturated rings. The highest BCUT2D eigenvalue weighted by molar-refractivity contribution is 5.25. The zero-order chi connectivity index (χ0) is 15.7. The maximum Gasteiger partial charge on any atom is 0.240 e. The van der Waals surface area contributed by atoms with E-state index < -0.39 is 0 Å². The van der Waals surface area contributed by atoms with Gasteiger partial charge in [-0.2, -0.15) is 4.98 Å². The highest BCUT2D eigenvalue weighted by Crippen LogP contribution is 2.27. The predicted octanol–water partition coefficient (Wildman–Crippen LogP) is 2.35. The Bertz CT molecular complexity index is 415. The SMILES string of the molecule is CCCNC(CCC(C)OC)c1ncc(OC)nc1OC. The van der Waals surface area contributed by atoms with Gasteiger partial charge in [0.2, 0.25) is 11.8 Å². The molecule has 1 rings (SSSR count). The molecule has 21 heavy (non-hydrogen) atoms. The van der Waals surface area contributed by atoms with E-state index in [1.807, 2.05) is 0 Å². The minimum absolute atomic E-state index is 0.0934. The molecule has 6 nitrogen and oxygen atoms in total. The molecule has 6 heteroatoms. The van der Waals surface area contributed by atoms with Crippen molar-refractivity contribution >= 4 is 0 Å². The lowest BCUT2D eigenvalue weighted by Gasteiger charge is -2.21. The molecule has 1 N–H and O–H groups in total. The smallest absolute Gasteiger partial charge is 0.240 e. The quantitative estimate of drug-likeness (QED) is 0.715. The summed E-state index contributed by atoms with van der Waals surface area (Å²) < 4.78 is 15.8. The highest BCUT2D eigenvalue weighted by Gasteiger charge is 2.20. The van der Waals surface area contributed by atoms with Gasteiger partial charge in [0.25, 0.3) is 0 Å². The van der Waals surface area contributed by atoms with Crippen molar-refractivity contribution in [3.05, 3.63) is 11.9 Å². The van der Waals surface area contributed by atoms with E-state index in [9.17, 15) is 0 Å². The normalized spacial score (nSPS) is 13.8. The summed E-state index contributed by atoms with van der Waals surface area (Å²) in [6.45, 7) is 5.12. The Hall–Kier alpha value is -1.40. The first kappa shape index (κ1) is 17.7. The van der Waals surface area contributed by atoms with E-state index in [0.717, 1.165) is 31.5 Å². The summed E-state index contributed by atoms with van der Waals surface area (Å²) in [5.74, 6) is 0.961. The zero-order valence-electron chi connectivity index (χ0n) is 13.7. The molecule has 1 aromatic heterocycles. The average molecular weight is 297 g/mol. The number of ether oxygens (including phenoxy) is 3. The Morgan fingerprint density at radius 3 is 2.52 bits per heavy atom. The van der Waals surface area contributed by atoms with Crippen molar-refractivity contribution in [1.82, 2.24) is 15.3 Å². The predicted molar refractivity (Wildman–Crippen MR) is 81.9 cm³/mol. The molecular formula is C15H27N3O3. The molecule has 2 atom stereocenters. The number of hydrogen-bond donors (Lipinski definition) is 1. The third kappa shape index (κ3) is 5.47. The minimum atomic E-state index is 0.0934. The van der Waals surface area contributed by atoms with Crippen molar-refractivity contribution in [2.24, 2.45) is 0 Å². The first-order valence-electron chi connectivity index (χ1n) is 7.37. The summed E-state index contributed by atoms with van der Waals surface area (Å²) in [6.07, 6.45) is 4.75. The van der Waals surface area contributed by atoms with Gasteiger partial charge in [-0.25, -0.2) is 4.98 Å². The molecular weight excluding hydrogens is 270 g/mol. The van der Waals surface area contributed by atoms with Gasteiger partial charge in [-0.3, -0.25) is 0 Å². The second-order valence-electron chi connectivity index (χ2n) is 4.94. The first-order valence-corrected chi connectivity index (χ1v) is 7.37. The van der Waals surface area contributed by atoms with Gasteiger partial charge in [0.05, 0.1) is 32.6 Å². The summed E-state index contributed by atoms with van der Waals surface area (Å²) in [5.41, 5.74) is 0.815. The molecule has 0 saturated heterocycles. The molecule has 120 valence electrons. The van der Waals surface area contributed by atoms with Crippen LogP contribution in [0.1, 0.15) is 44.8 Å². The molecule has 0 radical (unpaired) electrons. The standard InChI is InChI=1S/C15H27N3O3/c1-6-9-16-12(8-7-11(2)19-3)14-15(21-5)18-13(20-4)10-17-14/h10-12,16H,6-9H2,1-5H3. The lowest BCUT2D eigenvalue weighted by molar-refractivity contribution is 0.105. The number of rotatable bonds is 10. The third-order valence-electron chi connectivity index (χ3n) is 3.38. The van der Waals surface area contributed by atoms with E-state index in [0.29, 0.717) is 11.8 Å². The second-order valence-corrected chi connectivity index (χ2v) is 4.94. The van der Waals surface area contributed by atoms with Crippen LogP contribution >= 0.6 is 0 Å². The Morgan fingerprint density at radius 1 is 1.19 bits per heavy atom. The molecule has 1 aromatic rings. The maximum absolute atomic E-state index is 5.36. The number of nitrogens with one attached hydrogen (secondary N) is 1. The Labute approximate surface area is 127 Å². The average Bonchev–Trinajstić information content (AvgIpc) is 2.54. The van der Waals surface area contributed by atoms with Crippen LogP contribution in [-0.2, 0) is 4.74 Å². The number of nitrogens with zero attached hydrogens (tertiary/aromatic N) is 2. The summed E-state index contributed by atoms with van der Waals surface area (Å²) in [5, 5.41) is 3.50. The van der Waals surface area contributed by atoms with E-state index in [1.54, 1.807) is 27.5 Å². The fourth-order valence-electron chi connectivity index (χ4n) is 2.03. The molecule has 1 heterocycles. The lowest BCUT2D eigenvalue weighted by Crippen LogP contribution is -2.25. The van der Waals surface area contributed by atoms with Crippen molar-refractivity contribution in [2.75, 3.05) is 27.9 Å². The van der Waals surface area contributed by atoms with Crippen molar-refractivity contribution in [2.45, 2.75) is 45.3 Å². The first-order chi connectivity index (χ1) is 10.2. The van der Waals surface area contributed by atoms with Gasteiger partial charge in [-0.1, -0.05) is 6.92 Å². The largest absolute Gasteiger partial charge is 0.480 e. The fraction of sp³-hybridized carbons (Fsp3) is 0.733. The van der Waals surface area contributed by atoms with Crippen LogP contribution in [0, 0.1) is 0 Å². The molecule has 0 saturated carbocycles. The van der Waals surface area contributed by atoms with Gasteiger partial charge in [-0.05, 0) is 32.7 Å². The zero-order valence-corrected chi connectivity index (χ0v) is 13.7. The molecule has 0 bridgehead atoms. The van der Waals surface area contributed by atoms with Crippen molar-refractivity contribution in [3.63, 3.8) is 0 Å². The van der Waals surface area contributed by atoms with Gasteiger partial charge >= 0.3 is 0 Å². The maximum atomic E-state index is 5.36. The number of aromatic nitrogens is 2. The lowest BCUT2D eigenvalue weighted by atomic mass is 10.1. The molecule has 0 amide bonds. The van der Waals surface area contributed by atoms with E-state index in [4.69, 9.17) is 14.2 Å². The monoisotopic (exact) mass is 297 g/mol. The van der Waals surface area contributed by atoms with Gasteiger partial charge in [0.1, 0.15) is 5.69 Å². The van der Waals surface area contributed by atoms with Crippen molar-refractivity contribution < 1.29 is 14.2 Å². The van der Waals surface area contributed by atoms with E-state index >= 15 is 0 Å². The van der Waals surface area contributed by atoms with Crippen molar-refractivity contribution in [3.8, 4) is 11.8 Å².